The largest absolute Gasteiger partial charge is 0.504 e. The Labute approximate surface area is 137 Å². The third-order valence-electron chi connectivity index (χ3n) is 2.56. The molecule has 110 valence electrons. The fourth-order valence-corrected chi connectivity index (χ4v) is 1.62. The number of ether oxygens (including phenoxy) is 1. The van der Waals surface area contributed by atoms with Crippen molar-refractivity contribution in [2.24, 2.45) is 0 Å². The lowest BCUT2D eigenvalue weighted by molar-refractivity contribution is 0.373. The van der Waals surface area contributed by atoms with Crippen LogP contribution in [-0.4, -0.2) is 22.2 Å². The van der Waals surface area contributed by atoms with Gasteiger partial charge in [0, 0.05) is 18.2 Å². The number of nitrogens with zero attached hydrogens (tertiary/aromatic N) is 2. The van der Waals surface area contributed by atoms with Crippen molar-refractivity contribution < 1.29 is 9.84 Å². The van der Waals surface area contributed by atoms with Crippen LogP contribution in [0, 0.1) is 0 Å². The van der Waals surface area contributed by atoms with Crippen molar-refractivity contribution in [3.8, 4) is 11.5 Å². The van der Waals surface area contributed by atoms with Crippen molar-refractivity contribution in [3.63, 3.8) is 0 Å². The molecule has 0 radical (unpaired) electrons. The van der Waals surface area contributed by atoms with Crippen LogP contribution in [0.5, 0.6) is 11.5 Å². The van der Waals surface area contributed by atoms with Crippen LogP contribution in [0.15, 0.2) is 24.4 Å². The number of aromatic nitrogens is 2. The van der Waals surface area contributed by atoms with Crippen LogP contribution < -0.4 is 16.2 Å². The fourth-order valence-electron chi connectivity index (χ4n) is 1.62. The maximum absolute atomic E-state index is 9.50. The number of nitrogen functional groups attached to an aromatic ring is 2. The summed E-state index contributed by atoms with van der Waals surface area (Å²) in [6.45, 7) is 0. The Morgan fingerprint density at radius 1 is 1.25 bits per heavy atom. The highest BCUT2D eigenvalue weighted by atomic mass is 79.9. The smallest absolute Gasteiger partial charge is 0.221 e. The van der Waals surface area contributed by atoms with Gasteiger partial charge in [-0.25, -0.2) is 4.98 Å². The fraction of sp³-hybridized carbons (Fsp3) is 0.167. The summed E-state index contributed by atoms with van der Waals surface area (Å²) >= 11 is 0. The summed E-state index contributed by atoms with van der Waals surface area (Å²) in [7, 11) is 1.50. The molecule has 1 aromatic heterocycles. The summed E-state index contributed by atoms with van der Waals surface area (Å²) in [5, 5.41) is 9.50. The molecule has 20 heavy (non-hydrogen) atoms. The van der Waals surface area contributed by atoms with Crippen LogP contribution in [-0.2, 0) is 6.42 Å². The summed E-state index contributed by atoms with van der Waals surface area (Å²) in [4.78, 5) is 7.80. The van der Waals surface area contributed by atoms with Crippen molar-refractivity contribution in [1.29, 1.82) is 0 Å². The van der Waals surface area contributed by atoms with Crippen molar-refractivity contribution in [1.82, 2.24) is 9.97 Å². The normalized spacial score (nSPS) is 9.25. The predicted molar refractivity (Wildman–Crippen MR) is 89.0 cm³/mol. The van der Waals surface area contributed by atoms with E-state index in [4.69, 9.17) is 16.2 Å². The highest BCUT2D eigenvalue weighted by Crippen LogP contribution is 2.27. The molecule has 1 heterocycles. The van der Waals surface area contributed by atoms with Crippen LogP contribution in [0.25, 0.3) is 0 Å². The zero-order valence-electron chi connectivity index (χ0n) is 10.7. The molecule has 0 spiro atoms. The first-order valence-corrected chi connectivity index (χ1v) is 5.33. The zero-order chi connectivity index (χ0) is 13.1. The van der Waals surface area contributed by atoms with E-state index >= 15 is 0 Å². The van der Waals surface area contributed by atoms with Gasteiger partial charge in [-0.2, -0.15) is 4.98 Å². The van der Waals surface area contributed by atoms with E-state index in [1.54, 1.807) is 24.4 Å². The Kier molecular flexibility index (Phi) is 7.30. The molecule has 2 rings (SSSR count). The zero-order valence-corrected chi connectivity index (χ0v) is 14.2. The van der Waals surface area contributed by atoms with Crippen molar-refractivity contribution in [2.75, 3.05) is 18.6 Å². The molecule has 0 bridgehead atoms. The first kappa shape index (κ1) is 18.5. The second-order valence-corrected chi connectivity index (χ2v) is 3.82. The molecule has 0 aliphatic rings. The van der Waals surface area contributed by atoms with Gasteiger partial charge < -0.3 is 21.3 Å². The van der Waals surface area contributed by atoms with Gasteiger partial charge in [0.25, 0.3) is 0 Å². The Morgan fingerprint density at radius 3 is 2.55 bits per heavy atom. The van der Waals surface area contributed by atoms with Gasteiger partial charge >= 0.3 is 0 Å². The van der Waals surface area contributed by atoms with Gasteiger partial charge in [0.15, 0.2) is 11.5 Å². The number of nitrogens with two attached hydrogens (primary N) is 2. The molecule has 2 aromatic rings. The van der Waals surface area contributed by atoms with Crippen molar-refractivity contribution in [2.45, 2.75) is 6.42 Å². The van der Waals surface area contributed by atoms with Gasteiger partial charge in [-0.15, -0.1) is 34.0 Å². The average Bonchev–Trinajstić information content (AvgIpc) is 2.35. The number of methoxy groups -OCH3 is 1. The van der Waals surface area contributed by atoms with E-state index in [9.17, 15) is 5.11 Å². The van der Waals surface area contributed by atoms with Gasteiger partial charge in [-0.1, -0.05) is 6.07 Å². The monoisotopic (exact) mass is 406 g/mol. The quantitative estimate of drug-likeness (QED) is 0.719. The molecule has 0 saturated heterocycles. The molecule has 0 atom stereocenters. The van der Waals surface area contributed by atoms with Crippen LogP contribution in [0.3, 0.4) is 0 Å². The van der Waals surface area contributed by atoms with E-state index in [1.165, 1.54) is 7.11 Å². The summed E-state index contributed by atoms with van der Waals surface area (Å²) in [5.41, 5.74) is 12.9. The molecule has 0 saturated carbocycles. The highest BCUT2D eigenvalue weighted by Gasteiger charge is 2.07. The van der Waals surface area contributed by atoms with E-state index in [0.717, 1.165) is 11.1 Å². The average molecular weight is 408 g/mol. The maximum Gasteiger partial charge on any atom is 0.221 e. The van der Waals surface area contributed by atoms with Crippen LogP contribution in [0.2, 0.25) is 0 Å². The standard InChI is InChI=1S/C12H14N4O2.2BrH/c1-18-10-5-7(2-3-9(10)17)4-8-6-15-12(14)16-11(8)13;;/h2-3,5-6,17H,4H2,1H3,(H4,13,14,15,16);2*1H. The molecule has 0 aliphatic carbocycles. The summed E-state index contributed by atoms with van der Waals surface area (Å²) in [6, 6.07) is 5.10. The lowest BCUT2D eigenvalue weighted by Crippen LogP contribution is -2.04. The summed E-state index contributed by atoms with van der Waals surface area (Å²) < 4.78 is 5.04. The highest BCUT2D eigenvalue weighted by molar-refractivity contribution is 8.93. The predicted octanol–water partition coefficient (Wildman–Crippen LogP) is 2.10. The minimum atomic E-state index is 0. The lowest BCUT2D eigenvalue weighted by Gasteiger charge is -2.08. The molecule has 8 heteroatoms. The lowest BCUT2D eigenvalue weighted by atomic mass is 10.1. The number of hydrogen-bond donors (Lipinski definition) is 3. The third kappa shape index (κ3) is 4.24. The second-order valence-electron chi connectivity index (χ2n) is 3.82. The third-order valence-corrected chi connectivity index (χ3v) is 2.56. The van der Waals surface area contributed by atoms with E-state index in [2.05, 4.69) is 9.97 Å². The summed E-state index contributed by atoms with van der Waals surface area (Å²) in [6.07, 6.45) is 2.14. The molecular weight excluding hydrogens is 392 g/mol. The molecule has 0 aliphatic heterocycles. The number of benzene rings is 1. The number of phenols is 1. The van der Waals surface area contributed by atoms with Gasteiger partial charge in [-0.3, -0.25) is 0 Å². The van der Waals surface area contributed by atoms with Crippen LogP contribution in [0.4, 0.5) is 11.8 Å². The van der Waals surface area contributed by atoms with Gasteiger partial charge in [-0.05, 0) is 17.7 Å². The Hall–Kier alpha value is -1.54. The molecular formula is C12H16Br2N4O2. The molecule has 1 aromatic carbocycles. The maximum atomic E-state index is 9.50. The van der Waals surface area contributed by atoms with Gasteiger partial charge in [0.2, 0.25) is 5.95 Å². The van der Waals surface area contributed by atoms with Crippen LogP contribution >= 0.6 is 34.0 Å². The number of halogens is 2. The minimum absolute atomic E-state index is 0. The van der Waals surface area contributed by atoms with Gasteiger partial charge in [0.1, 0.15) is 5.82 Å². The Bertz CT molecular complexity index is 581. The molecule has 6 nitrogen and oxygen atoms in total. The number of rotatable bonds is 3. The van der Waals surface area contributed by atoms with Crippen molar-refractivity contribution >= 4 is 45.7 Å². The van der Waals surface area contributed by atoms with E-state index in [-0.39, 0.29) is 45.7 Å². The topological polar surface area (TPSA) is 107 Å². The SMILES string of the molecule is Br.Br.COc1cc(Cc2cnc(N)nc2N)ccc1O. The minimum Gasteiger partial charge on any atom is -0.504 e. The molecule has 0 amide bonds. The number of phenolic OH excluding ortho intramolecular Hbond substituents is 1. The van der Waals surface area contributed by atoms with E-state index in [1.807, 2.05) is 0 Å². The molecule has 5 N–H and O–H groups in total. The Morgan fingerprint density at radius 2 is 1.95 bits per heavy atom. The van der Waals surface area contributed by atoms with E-state index < -0.39 is 0 Å². The number of aromatic hydroxyl groups is 1. The Balaban J connectivity index is 0.00000180. The molecule has 0 fully saturated rings. The number of anilines is 2. The molecule has 0 unspecified atom stereocenters. The van der Waals surface area contributed by atoms with E-state index in [0.29, 0.717) is 18.0 Å². The first-order chi connectivity index (χ1) is 8.60. The first-order valence-electron chi connectivity index (χ1n) is 5.33. The van der Waals surface area contributed by atoms with Crippen LogP contribution in [0.1, 0.15) is 11.1 Å². The second kappa shape index (κ2) is 7.91. The van der Waals surface area contributed by atoms with Crippen molar-refractivity contribution in [3.05, 3.63) is 35.5 Å². The number of hydrogen-bond acceptors (Lipinski definition) is 6. The van der Waals surface area contributed by atoms with Gasteiger partial charge in [0.05, 0.1) is 7.11 Å². The summed E-state index contributed by atoms with van der Waals surface area (Å²) in [5.74, 6) is 1.03.